The zero-order valence-electron chi connectivity index (χ0n) is 4.83. The minimum atomic E-state index is -0.502. The van der Waals surface area contributed by atoms with E-state index in [0.717, 1.165) is 11.9 Å². The number of nitrogens with one attached hydrogen (secondary N) is 1. The first kappa shape index (κ1) is 8.74. The molecule has 0 aliphatic heterocycles. The van der Waals surface area contributed by atoms with Gasteiger partial charge in [0.25, 0.3) is 5.91 Å². The second-order valence-corrected chi connectivity index (χ2v) is 2.16. The van der Waals surface area contributed by atoms with Gasteiger partial charge in [0.2, 0.25) is 0 Å². The number of hydrogen-bond donors (Lipinski definition) is 3. The number of amides is 1. The number of aliphatic hydroxyl groups excluding tert-OH is 2. The number of hydrogen-bond acceptors (Lipinski definition) is 4. The highest BCUT2D eigenvalue weighted by Crippen LogP contribution is 1.88. The summed E-state index contributed by atoms with van der Waals surface area (Å²) in [6.07, 6.45) is 0. The fourth-order valence-corrected chi connectivity index (χ4v) is 0.628. The second-order valence-electron chi connectivity index (χ2n) is 1.26. The fraction of sp³-hybridized carbons (Fsp3) is 0.750. The second kappa shape index (κ2) is 5.87. The predicted molar refractivity (Wildman–Crippen MR) is 34.8 cm³/mol. The minimum Gasteiger partial charge on any atom is -0.395 e. The highest BCUT2D eigenvalue weighted by atomic mass is 32.2. The summed E-state index contributed by atoms with van der Waals surface area (Å²) < 4.78 is 2.30. The van der Waals surface area contributed by atoms with Gasteiger partial charge in [-0.3, -0.25) is 9.52 Å². The molecule has 3 N–H and O–H groups in total. The normalized spacial score (nSPS) is 9.11. The van der Waals surface area contributed by atoms with Crippen LogP contribution < -0.4 is 4.72 Å². The molecular formula is C4H9NO3S. The topological polar surface area (TPSA) is 69.6 Å². The Labute approximate surface area is 57.4 Å². The van der Waals surface area contributed by atoms with Crippen molar-refractivity contribution in [1.29, 1.82) is 0 Å². The van der Waals surface area contributed by atoms with Gasteiger partial charge in [0.1, 0.15) is 6.61 Å². The van der Waals surface area contributed by atoms with Gasteiger partial charge in [-0.2, -0.15) is 0 Å². The van der Waals surface area contributed by atoms with Gasteiger partial charge in [0.05, 0.1) is 6.61 Å². The maximum Gasteiger partial charge on any atom is 0.255 e. The minimum absolute atomic E-state index is 0.0242. The molecule has 0 aromatic heterocycles. The van der Waals surface area contributed by atoms with Crippen molar-refractivity contribution in [3.05, 3.63) is 0 Å². The highest BCUT2D eigenvalue weighted by Gasteiger charge is 1.94. The average molecular weight is 151 g/mol. The van der Waals surface area contributed by atoms with Gasteiger partial charge in [-0.1, -0.05) is 0 Å². The van der Waals surface area contributed by atoms with Gasteiger partial charge >= 0.3 is 0 Å². The van der Waals surface area contributed by atoms with Crippen molar-refractivity contribution in [1.82, 2.24) is 4.72 Å². The number of carbonyl (C=O) groups excluding carboxylic acids is 1. The van der Waals surface area contributed by atoms with Crippen molar-refractivity contribution < 1.29 is 15.0 Å². The van der Waals surface area contributed by atoms with Crippen LogP contribution in [0.4, 0.5) is 0 Å². The van der Waals surface area contributed by atoms with Crippen LogP contribution in [0, 0.1) is 0 Å². The summed E-state index contributed by atoms with van der Waals surface area (Å²) in [5.41, 5.74) is 0. The van der Waals surface area contributed by atoms with Crippen LogP contribution in [0.25, 0.3) is 0 Å². The monoisotopic (exact) mass is 151 g/mol. The summed E-state index contributed by atoms with van der Waals surface area (Å²) in [4.78, 5) is 10.2. The third-order valence-corrected chi connectivity index (χ3v) is 1.28. The summed E-state index contributed by atoms with van der Waals surface area (Å²) in [6.45, 7) is -0.477. The Hall–Kier alpha value is -0.260. The Balaban J connectivity index is 2.97. The molecule has 9 heavy (non-hydrogen) atoms. The molecule has 0 radical (unpaired) electrons. The maximum atomic E-state index is 10.2. The van der Waals surface area contributed by atoms with E-state index in [-0.39, 0.29) is 6.61 Å². The molecule has 0 saturated carbocycles. The van der Waals surface area contributed by atoms with E-state index < -0.39 is 12.5 Å². The molecule has 0 aromatic carbocycles. The van der Waals surface area contributed by atoms with Crippen molar-refractivity contribution in [2.75, 3.05) is 19.0 Å². The lowest BCUT2D eigenvalue weighted by Gasteiger charge is -1.97. The number of carbonyl (C=O) groups is 1. The third kappa shape index (κ3) is 5.61. The summed E-state index contributed by atoms with van der Waals surface area (Å²) in [5.74, 6) is 0.0135. The molecule has 5 heteroatoms. The van der Waals surface area contributed by atoms with E-state index in [0.29, 0.717) is 5.75 Å². The van der Waals surface area contributed by atoms with Crippen LogP contribution >= 0.6 is 11.9 Å². The van der Waals surface area contributed by atoms with Crippen molar-refractivity contribution in [2.45, 2.75) is 0 Å². The van der Waals surface area contributed by atoms with Crippen LogP contribution in [0.15, 0.2) is 0 Å². The zero-order valence-corrected chi connectivity index (χ0v) is 5.65. The van der Waals surface area contributed by atoms with Gasteiger partial charge < -0.3 is 10.2 Å². The molecule has 0 saturated heterocycles. The first-order chi connectivity index (χ1) is 4.31. The lowest BCUT2D eigenvalue weighted by Crippen LogP contribution is -2.20. The summed E-state index contributed by atoms with van der Waals surface area (Å²) in [7, 11) is 0. The third-order valence-electron chi connectivity index (χ3n) is 0.523. The Morgan fingerprint density at radius 2 is 2.22 bits per heavy atom. The molecule has 4 nitrogen and oxygen atoms in total. The molecule has 0 aliphatic rings. The van der Waals surface area contributed by atoms with Crippen LogP contribution in [0.5, 0.6) is 0 Å². The lowest BCUT2D eigenvalue weighted by molar-refractivity contribution is -0.121. The van der Waals surface area contributed by atoms with Gasteiger partial charge in [0, 0.05) is 5.75 Å². The highest BCUT2D eigenvalue weighted by molar-refractivity contribution is 7.97. The van der Waals surface area contributed by atoms with E-state index in [4.69, 9.17) is 10.2 Å². The largest absolute Gasteiger partial charge is 0.395 e. The van der Waals surface area contributed by atoms with E-state index in [1.807, 2.05) is 0 Å². The molecular weight excluding hydrogens is 142 g/mol. The molecule has 0 aliphatic carbocycles. The van der Waals surface area contributed by atoms with Gasteiger partial charge in [-0.05, 0) is 11.9 Å². The van der Waals surface area contributed by atoms with E-state index in [2.05, 4.69) is 4.72 Å². The molecule has 0 fully saturated rings. The van der Waals surface area contributed by atoms with Crippen molar-refractivity contribution >= 4 is 17.9 Å². The first-order valence-corrected chi connectivity index (χ1v) is 3.42. The lowest BCUT2D eigenvalue weighted by atomic mass is 10.7. The average Bonchev–Trinajstić information content (AvgIpc) is 1.89. The Kier molecular flexibility index (Phi) is 5.70. The fourth-order valence-electron chi connectivity index (χ4n) is 0.209. The zero-order chi connectivity index (χ0) is 7.11. The molecule has 0 heterocycles. The van der Waals surface area contributed by atoms with Crippen LogP contribution in [-0.4, -0.2) is 35.1 Å². The molecule has 54 valence electrons. The summed E-state index contributed by atoms with van der Waals surface area (Å²) in [5, 5.41) is 16.4. The molecule has 0 bridgehead atoms. The quantitative estimate of drug-likeness (QED) is 0.346. The number of rotatable bonds is 4. The molecule has 0 spiro atoms. The summed E-state index contributed by atoms with van der Waals surface area (Å²) in [6, 6.07) is 0. The summed E-state index contributed by atoms with van der Waals surface area (Å²) >= 11 is 1.08. The van der Waals surface area contributed by atoms with Crippen LogP contribution in [0.2, 0.25) is 0 Å². The molecule has 0 atom stereocenters. The Bertz CT molecular complexity index is 87.9. The van der Waals surface area contributed by atoms with Crippen LogP contribution in [0.1, 0.15) is 0 Å². The maximum absolute atomic E-state index is 10.2. The van der Waals surface area contributed by atoms with Crippen molar-refractivity contribution in [3.8, 4) is 0 Å². The molecule has 0 aromatic rings. The Morgan fingerprint density at radius 3 is 2.67 bits per heavy atom. The van der Waals surface area contributed by atoms with Gasteiger partial charge in [-0.25, -0.2) is 0 Å². The smallest absolute Gasteiger partial charge is 0.255 e. The Morgan fingerprint density at radius 1 is 1.56 bits per heavy atom. The SMILES string of the molecule is O=C(CO)NSCCO. The van der Waals surface area contributed by atoms with Crippen molar-refractivity contribution in [2.24, 2.45) is 0 Å². The van der Waals surface area contributed by atoms with Crippen LogP contribution in [-0.2, 0) is 4.79 Å². The van der Waals surface area contributed by atoms with Crippen LogP contribution in [0.3, 0.4) is 0 Å². The van der Waals surface area contributed by atoms with Crippen molar-refractivity contribution in [3.63, 3.8) is 0 Å². The number of aliphatic hydroxyl groups is 2. The molecule has 0 rings (SSSR count). The van der Waals surface area contributed by atoms with E-state index in [1.54, 1.807) is 0 Å². The van der Waals surface area contributed by atoms with E-state index in [9.17, 15) is 4.79 Å². The van der Waals surface area contributed by atoms with Gasteiger partial charge in [-0.15, -0.1) is 0 Å². The van der Waals surface area contributed by atoms with E-state index >= 15 is 0 Å². The molecule has 1 amide bonds. The standard InChI is InChI=1S/C4H9NO3S/c6-1-2-9-5-4(8)3-7/h6-7H,1-3H2,(H,5,8). The molecule has 0 unspecified atom stereocenters. The first-order valence-electron chi connectivity index (χ1n) is 2.43. The van der Waals surface area contributed by atoms with E-state index in [1.165, 1.54) is 0 Å². The predicted octanol–water partition coefficient (Wildman–Crippen LogP) is -1.26. The van der Waals surface area contributed by atoms with Gasteiger partial charge in [0.15, 0.2) is 0 Å².